The highest BCUT2D eigenvalue weighted by atomic mass is 35.5. The predicted octanol–water partition coefficient (Wildman–Crippen LogP) is 3.61. The van der Waals surface area contributed by atoms with Crippen molar-refractivity contribution in [2.24, 2.45) is 0 Å². The van der Waals surface area contributed by atoms with Crippen molar-refractivity contribution in [3.8, 4) is 11.1 Å². The van der Waals surface area contributed by atoms with Gasteiger partial charge in [-0.05, 0) is 38.5 Å². The van der Waals surface area contributed by atoms with Crippen molar-refractivity contribution >= 4 is 28.7 Å². The summed E-state index contributed by atoms with van der Waals surface area (Å²) in [4.78, 5) is 27.4. The van der Waals surface area contributed by atoms with Gasteiger partial charge in [0.1, 0.15) is 5.15 Å². The summed E-state index contributed by atoms with van der Waals surface area (Å²) >= 11 is 6.02. The van der Waals surface area contributed by atoms with Gasteiger partial charge in [-0.1, -0.05) is 11.6 Å². The average Bonchev–Trinajstić information content (AvgIpc) is 3.21. The number of carbonyl (C=O) groups is 1. The number of amides is 2. The Morgan fingerprint density at radius 1 is 1.09 bits per heavy atom. The van der Waals surface area contributed by atoms with Crippen molar-refractivity contribution in [3.05, 3.63) is 41.9 Å². The molecule has 9 heteroatoms. The second-order valence-corrected chi connectivity index (χ2v) is 9.17. The Kier molecular flexibility index (Phi) is 6.62. The number of hydrogen-bond acceptors (Lipinski definition) is 5. The van der Waals surface area contributed by atoms with Crippen LogP contribution in [-0.4, -0.2) is 86.3 Å². The fraction of sp³-hybridized carbons (Fsp3) is 0.478. The normalized spacial score (nSPS) is 19.5. The van der Waals surface area contributed by atoms with Crippen molar-refractivity contribution in [2.45, 2.75) is 38.9 Å². The molecule has 4 heterocycles. The largest absolute Gasteiger partial charge is 0.331 e. The highest BCUT2D eigenvalue weighted by molar-refractivity contribution is 6.29. The molecule has 0 aromatic carbocycles. The van der Waals surface area contributed by atoms with Gasteiger partial charge in [0.05, 0.1) is 17.2 Å². The molecule has 0 saturated carbocycles. The van der Waals surface area contributed by atoms with E-state index in [1.54, 1.807) is 11.0 Å². The molecule has 0 N–H and O–H groups in total. The van der Waals surface area contributed by atoms with Crippen LogP contribution in [0.25, 0.3) is 22.2 Å². The van der Waals surface area contributed by atoms with E-state index in [1.807, 2.05) is 54.4 Å². The Balaban J connectivity index is 1.33. The highest BCUT2D eigenvalue weighted by Crippen LogP contribution is 2.23. The Morgan fingerprint density at radius 3 is 2.56 bits per heavy atom. The zero-order valence-corrected chi connectivity index (χ0v) is 19.8. The van der Waals surface area contributed by atoms with E-state index in [0.29, 0.717) is 5.15 Å². The molecule has 0 radical (unpaired) electrons. The molecule has 1 saturated heterocycles. The topological polar surface area (TPSA) is 70.4 Å². The maximum atomic E-state index is 12.4. The minimum Gasteiger partial charge on any atom is -0.331 e. The van der Waals surface area contributed by atoms with Gasteiger partial charge >= 0.3 is 6.03 Å². The molecular weight excluding hydrogens is 426 g/mol. The molecule has 0 aliphatic carbocycles. The Bertz CT molecular complexity index is 1090. The Hall–Kier alpha value is -2.71. The minimum absolute atomic E-state index is 0.0920. The Morgan fingerprint density at radius 2 is 1.84 bits per heavy atom. The first-order chi connectivity index (χ1) is 15.3. The van der Waals surface area contributed by atoms with E-state index >= 15 is 0 Å². The van der Waals surface area contributed by atoms with E-state index < -0.39 is 0 Å². The number of nitrogens with zero attached hydrogens (tertiary/aromatic N) is 7. The molecule has 1 aliphatic heterocycles. The van der Waals surface area contributed by atoms with Gasteiger partial charge in [-0.15, -0.1) is 0 Å². The SMILES string of the molecule is C[C@@H]1CN(CCCn2cc(-c3cnc4ccc(Cl)nc4c3)cn2)C[C@H](C)N1C(=O)N(C)C. The van der Waals surface area contributed by atoms with E-state index in [-0.39, 0.29) is 18.1 Å². The first-order valence-electron chi connectivity index (χ1n) is 11.0. The molecule has 8 nitrogen and oxygen atoms in total. The number of piperazine rings is 1. The van der Waals surface area contributed by atoms with Crippen LogP contribution < -0.4 is 0 Å². The molecule has 170 valence electrons. The number of halogens is 1. The summed E-state index contributed by atoms with van der Waals surface area (Å²) in [5, 5.41) is 4.98. The standard InChI is InChI=1S/C23H30ClN7O/c1-16-13-29(14-17(2)31(16)23(32)28(3)4)8-5-9-30-15-19(12-26-30)18-10-21-20(25-11-18)6-7-22(24)27-21/h6-7,10-12,15-17H,5,8-9,13-14H2,1-4H3/t16-,17+. The Labute approximate surface area is 193 Å². The average molecular weight is 456 g/mol. The third-order valence-electron chi connectivity index (χ3n) is 5.93. The minimum atomic E-state index is 0.0920. The van der Waals surface area contributed by atoms with Crippen LogP contribution in [0.4, 0.5) is 4.79 Å². The fourth-order valence-corrected chi connectivity index (χ4v) is 4.61. The number of hydrogen-bond donors (Lipinski definition) is 0. The van der Waals surface area contributed by atoms with Crippen molar-refractivity contribution < 1.29 is 4.79 Å². The van der Waals surface area contributed by atoms with Crippen molar-refractivity contribution in [2.75, 3.05) is 33.7 Å². The highest BCUT2D eigenvalue weighted by Gasteiger charge is 2.33. The van der Waals surface area contributed by atoms with Crippen LogP contribution in [0.2, 0.25) is 5.15 Å². The van der Waals surface area contributed by atoms with Gasteiger partial charge in [0, 0.05) is 75.9 Å². The second kappa shape index (κ2) is 9.42. The summed E-state index contributed by atoms with van der Waals surface area (Å²) in [7, 11) is 3.62. The predicted molar refractivity (Wildman–Crippen MR) is 127 cm³/mol. The summed E-state index contributed by atoms with van der Waals surface area (Å²) in [6.07, 6.45) is 6.75. The van der Waals surface area contributed by atoms with Crippen LogP contribution in [-0.2, 0) is 6.54 Å². The van der Waals surface area contributed by atoms with Crippen molar-refractivity contribution in [3.63, 3.8) is 0 Å². The zero-order valence-electron chi connectivity index (χ0n) is 19.1. The van der Waals surface area contributed by atoms with Gasteiger partial charge in [-0.25, -0.2) is 9.78 Å². The number of carbonyl (C=O) groups excluding carboxylic acids is 1. The maximum absolute atomic E-state index is 12.4. The van der Waals surface area contributed by atoms with E-state index in [4.69, 9.17) is 11.6 Å². The van der Waals surface area contributed by atoms with E-state index in [0.717, 1.165) is 54.8 Å². The first-order valence-corrected chi connectivity index (χ1v) is 11.4. The lowest BCUT2D eigenvalue weighted by Gasteiger charge is -2.45. The van der Waals surface area contributed by atoms with Gasteiger partial charge in [0.15, 0.2) is 0 Å². The molecule has 1 aliphatic rings. The summed E-state index contributed by atoms with van der Waals surface area (Å²) in [5.74, 6) is 0. The lowest BCUT2D eigenvalue weighted by Crippen LogP contribution is -2.60. The molecule has 32 heavy (non-hydrogen) atoms. The molecule has 0 bridgehead atoms. The van der Waals surface area contributed by atoms with Crippen LogP contribution in [0, 0.1) is 0 Å². The maximum Gasteiger partial charge on any atom is 0.320 e. The quantitative estimate of drug-likeness (QED) is 0.549. The number of urea groups is 1. The van der Waals surface area contributed by atoms with Crippen LogP contribution in [0.5, 0.6) is 0 Å². The van der Waals surface area contributed by atoms with Crippen LogP contribution in [0.1, 0.15) is 20.3 Å². The summed E-state index contributed by atoms with van der Waals surface area (Å²) in [6, 6.07) is 6.10. The fourth-order valence-electron chi connectivity index (χ4n) is 4.45. The number of fused-ring (bicyclic) bond motifs is 1. The molecule has 4 rings (SSSR count). The van der Waals surface area contributed by atoms with Crippen LogP contribution in [0.15, 0.2) is 36.8 Å². The van der Waals surface area contributed by atoms with Gasteiger partial charge in [0.2, 0.25) is 0 Å². The van der Waals surface area contributed by atoms with Crippen molar-refractivity contribution in [1.29, 1.82) is 0 Å². The third-order valence-corrected chi connectivity index (χ3v) is 6.14. The van der Waals surface area contributed by atoms with Gasteiger partial charge in [-0.2, -0.15) is 5.10 Å². The number of aromatic nitrogens is 4. The summed E-state index contributed by atoms with van der Waals surface area (Å²) in [6.45, 7) is 7.87. The summed E-state index contributed by atoms with van der Waals surface area (Å²) in [5.41, 5.74) is 3.58. The van der Waals surface area contributed by atoms with Gasteiger partial charge in [0.25, 0.3) is 0 Å². The molecule has 3 aromatic heterocycles. The third kappa shape index (κ3) is 4.86. The van der Waals surface area contributed by atoms with Gasteiger partial charge < -0.3 is 9.80 Å². The molecule has 3 aromatic rings. The molecule has 2 atom stereocenters. The molecule has 1 fully saturated rings. The zero-order chi connectivity index (χ0) is 22.8. The van der Waals surface area contributed by atoms with E-state index in [2.05, 4.69) is 33.8 Å². The van der Waals surface area contributed by atoms with Crippen LogP contribution >= 0.6 is 11.6 Å². The van der Waals surface area contributed by atoms with Gasteiger partial charge in [-0.3, -0.25) is 14.6 Å². The number of aryl methyl sites for hydroxylation is 1. The molecular formula is C23H30ClN7O. The van der Waals surface area contributed by atoms with Crippen LogP contribution in [0.3, 0.4) is 0 Å². The van der Waals surface area contributed by atoms with Crippen molar-refractivity contribution in [1.82, 2.24) is 34.4 Å². The first kappa shape index (κ1) is 22.5. The monoisotopic (exact) mass is 455 g/mol. The summed E-state index contributed by atoms with van der Waals surface area (Å²) < 4.78 is 1.98. The lowest BCUT2D eigenvalue weighted by molar-refractivity contribution is 0.0523. The van der Waals surface area contributed by atoms with E-state index in [9.17, 15) is 4.79 Å². The smallest absolute Gasteiger partial charge is 0.320 e. The molecule has 0 spiro atoms. The number of rotatable bonds is 5. The van der Waals surface area contributed by atoms with E-state index in [1.165, 1.54) is 0 Å². The lowest BCUT2D eigenvalue weighted by atomic mass is 10.1. The second-order valence-electron chi connectivity index (χ2n) is 8.78. The molecule has 0 unspecified atom stereocenters. The molecule has 2 amide bonds. The number of pyridine rings is 2.